The minimum atomic E-state index is -1.41. The lowest BCUT2D eigenvalue weighted by molar-refractivity contribution is -0.111. The van der Waals surface area contributed by atoms with E-state index in [-0.39, 0.29) is 11.5 Å². The molecule has 0 fully saturated rings. The fraction of sp³-hybridized carbons (Fsp3) is 0.0333. The van der Waals surface area contributed by atoms with Gasteiger partial charge in [-0.2, -0.15) is 0 Å². The molecule has 0 saturated carbocycles. The normalized spacial score (nSPS) is 10.7. The van der Waals surface area contributed by atoms with E-state index in [9.17, 15) is 9.59 Å². The molecular weight excluding hydrogens is 509 g/mol. The lowest BCUT2D eigenvalue weighted by atomic mass is 9.83. The van der Waals surface area contributed by atoms with Gasteiger partial charge in [-0.3, -0.25) is 19.1 Å². The molecule has 0 bridgehead atoms. The SMILES string of the molecule is C=CC(=O)Nc1cc(-n2c(=O)ccc3cnc4ccc(-c5ccoc5)cc4c32)ccc1C.OB(O)c1ccoc1. The maximum atomic E-state index is 13.1. The van der Waals surface area contributed by atoms with Crippen LogP contribution >= 0.6 is 0 Å². The zero-order valence-corrected chi connectivity index (χ0v) is 21.4. The van der Waals surface area contributed by atoms with E-state index >= 15 is 0 Å². The average molecular weight is 533 g/mol. The summed E-state index contributed by atoms with van der Waals surface area (Å²) in [6.07, 6.45) is 8.95. The molecule has 0 saturated heterocycles. The summed E-state index contributed by atoms with van der Waals surface area (Å²) in [6, 6.07) is 18.1. The Labute approximate surface area is 228 Å². The van der Waals surface area contributed by atoms with Gasteiger partial charge in [-0.05, 0) is 66.6 Å². The molecule has 198 valence electrons. The molecule has 0 aliphatic rings. The zero-order valence-electron chi connectivity index (χ0n) is 21.4. The molecule has 0 aliphatic heterocycles. The predicted molar refractivity (Wildman–Crippen MR) is 155 cm³/mol. The third-order valence-corrected chi connectivity index (χ3v) is 6.34. The summed E-state index contributed by atoms with van der Waals surface area (Å²) in [5, 5.41) is 21.3. The number of furan rings is 2. The molecule has 10 heteroatoms. The molecule has 1 amide bonds. The van der Waals surface area contributed by atoms with Crippen molar-refractivity contribution in [2.75, 3.05) is 5.32 Å². The number of anilines is 1. The van der Waals surface area contributed by atoms with Gasteiger partial charge in [-0.25, -0.2) is 0 Å². The summed E-state index contributed by atoms with van der Waals surface area (Å²) >= 11 is 0. The van der Waals surface area contributed by atoms with Crippen molar-refractivity contribution < 1.29 is 23.7 Å². The summed E-state index contributed by atoms with van der Waals surface area (Å²) in [4.78, 5) is 29.5. The third kappa shape index (κ3) is 5.35. The molecule has 4 heterocycles. The number of benzene rings is 2. The van der Waals surface area contributed by atoms with E-state index in [4.69, 9.17) is 14.5 Å². The second kappa shape index (κ2) is 11.3. The number of pyridine rings is 2. The van der Waals surface area contributed by atoms with Crippen molar-refractivity contribution in [1.82, 2.24) is 9.55 Å². The van der Waals surface area contributed by atoms with Crippen molar-refractivity contribution >= 4 is 46.0 Å². The van der Waals surface area contributed by atoms with Crippen LogP contribution in [0, 0.1) is 6.92 Å². The Kier molecular flexibility index (Phi) is 7.45. The largest absolute Gasteiger partial charge is 0.491 e. The predicted octanol–water partition coefficient (Wildman–Crippen LogP) is 4.19. The number of nitrogens with zero attached hydrogens (tertiary/aromatic N) is 2. The van der Waals surface area contributed by atoms with Crippen LogP contribution in [-0.2, 0) is 4.79 Å². The Morgan fingerprint density at radius 2 is 1.80 bits per heavy atom. The highest BCUT2D eigenvalue weighted by Gasteiger charge is 2.14. The van der Waals surface area contributed by atoms with Crippen LogP contribution in [-0.4, -0.2) is 32.6 Å². The first-order chi connectivity index (χ1) is 19.4. The zero-order chi connectivity index (χ0) is 28.2. The number of carbonyl (C=O) groups is 1. The fourth-order valence-electron chi connectivity index (χ4n) is 4.27. The highest BCUT2D eigenvalue weighted by molar-refractivity contribution is 6.58. The lowest BCUT2D eigenvalue weighted by Gasteiger charge is -2.15. The molecule has 0 aliphatic carbocycles. The van der Waals surface area contributed by atoms with Gasteiger partial charge in [0, 0.05) is 39.7 Å². The second-order valence-corrected chi connectivity index (χ2v) is 8.94. The van der Waals surface area contributed by atoms with Crippen molar-refractivity contribution in [3.8, 4) is 16.8 Å². The number of rotatable bonds is 5. The maximum absolute atomic E-state index is 13.1. The molecule has 3 N–H and O–H groups in total. The van der Waals surface area contributed by atoms with Gasteiger partial charge in [-0.1, -0.05) is 18.7 Å². The molecule has 2 aromatic carbocycles. The van der Waals surface area contributed by atoms with E-state index in [2.05, 4.69) is 21.3 Å². The van der Waals surface area contributed by atoms with Gasteiger partial charge in [-0.15, -0.1) is 0 Å². The summed E-state index contributed by atoms with van der Waals surface area (Å²) in [7, 11) is -1.41. The Hall–Kier alpha value is -5.19. The second-order valence-electron chi connectivity index (χ2n) is 8.94. The molecular formula is C30H24BN3O6. The number of nitrogens with one attached hydrogen (secondary N) is 1. The van der Waals surface area contributed by atoms with Gasteiger partial charge >= 0.3 is 7.12 Å². The molecule has 40 heavy (non-hydrogen) atoms. The summed E-state index contributed by atoms with van der Waals surface area (Å²) in [6.45, 7) is 5.40. The third-order valence-electron chi connectivity index (χ3n) is 6.34. The van der Waals surface area contributed by atoms with E-state index in [1.165, 1.54) is 30.7 Å². The van der Waals surface area contributed by atoms with Crippen molar-refractivity contribution in [3.63, 3.8) is 0 Å². The van der Waals surface area contributed by atoms with Crippen LogP contribution in [0.5, 0.6) is 0 Å². The van der Waals surface area contributed by atoms with Gasteiger partial charge in [0.05, 0.1) is 41.8 Å². The number of aryl methyl sites for hydroxylation is 1. The first-order valence-corrected chi connectivity index (χ1v) is 12.3. The minimum Gasteiger partial charge on any atom is -0.473 e. The van der Waals surface area contributed by atoms with Crippen LogP contribution in [0.4, 0.5) is 5.69 Å². The highest BCUT2D eigenvalue weighted by atomic mass is 16.4. The highest BCUT2D eigenvalue weighted by Crippen LogP contribution is 2.30. The summed E-state index contributed by atoms with van der Waals surface area (Å²) in [5.41, 5.74) is 5.78. The van der Waals surface area contributed by atoms with Gasteiger partial charge < -0.3 is 24.2 Å². The molecule has 0 unspecified atom stereocenters. The Morgan fingerprint density at radius 3 is 2.48 bits per heavy atom. The van der Waals surface area contributed by atoms with Gasteiger partial charge in [0.1, 0.15) is 0 Å². The van der Waals surface area contributed by atoms with Crippen molar-refractivity contribution in [3.05, 3.63) is 120 Å². The number of carbonyl (C=O) groups excluding carboxylic acids is 1. The Morgan fingerprint density at radius 1 is 1.00 bits per heavy atom. The quantitative estimate of drug-likeness (QED) is 0.172. The molecule has 9 nitrogen and oxygen atoms in total. The molecule has 0 atom stereocenters. The topological polar surface area (TPSA) is 131 Å². The Bertz CT molecular complexity index is 1880. The number of fused-ring (bicyclic) bond motifs is 3. The Balaban J connectivity index is 0.000000348. The number of hydrogen-bond donors (Lipinski definition) is 3. The fourth-order valence-corrected chi connectivity index (χ4v) is 4.27. The van der Waals surface area contributed by atoms with Crippen LogP contribution in [0.1, 0.15) is 5.56 Å². The minimum absolute atomic E-state index is 0.177. The first-order valence-electron chi connectivity index (χ1n) is 12.3. The van der Waals surface area contributed by atoms with E-state index in [1.807, 2.05) is 43.3 Å². The van der Waals surface area contributed by atoms with Crippen LogP contribution in [0.15, 0.2) is 118 Å². The smallest absolute Gasteiger partial charge is 0.473 e. The van der Waals surface area contributed by atoms with E-state index < -0.39 is 7.12 Å². The van der Waals surface area contributed by atoms with Crippen LogP contribution in [0.2, 0.25) is 0 Å². The van der Waals surface area contributed by atoms with Gasteiger partial charge in [0.2, 0.25) is 5.91 Å². The maximum Gasteiger partial charge on any atom is 0.491 e. The molecule has 0 radical (unpaired) electrons. The molecule has 0 spiro atoms. The average Bonchev–Trinajstić information content (AvgIpc) is 3.70. The standard InChI is InChI=1S/C26H19N3O3.C4H5BO3/c1-3-24(30)28-23-13-20(7-4-16(23)2)29-25(31)9-6-18-14-27-22-8-5-17(12-21(22)26(18)29)19-10-11-32-15-19;6-5(7)4-1-2-8-3-4/h3-15H,1H2,2H3,(H,28,30);1-3,6-7H. The number of amides is 1. The number of hydrogen-bond acceptors (Lipinski definition) is 7. The monoisotopic (exact) mass is 533 g/mol. The van der Waals surface area contributed by atoms with Gasteiger partial charge in [0.25, 0.3) is 5.56 Å². The van der Waals surface area contributed by atoms with Crippen LogP contribution in [0.25, 0.3) is 38.6 Å². The van der Waals surface area contributed by atoms with Crippen molar-refractivity contribution in [2.45, 2.75) is 6.92 Å². The van der Waals surface area contributed by atoms with Crippen LogP contribution < -0.4 is 16.3 Å². The number of aromatic nitrogens is 2. The summed E-state index contributed by atoms with van der Waals surface area (Å²) in [5.74, 6) is -0.310. The van der Waals surface area contributed by atoms with Gasteiger partial charge in [0.15, 0.2) is 0 Å². The molecule has 6 rings (SSSR count). The van der Waals surface area contributed by atoms with Crippen LogP contribution in [0.3, 0.4) is 0 Å². The van der Waals surface area contributed by atoms with E-state index in [1.54, 1.807) is 35.4 Å². The molecule has 4 aromatic heterocycles. The summed E-state index contributed by atoms with van der Waals surface area (Å²) < 4.78 is 11.4. The first kappa shape index (κ1) is 26.4. The molecule has 6 aromatic rings. The lowest BCUT2D eigenvalue weighted by Crippen LogP contribution is -2.27. The van der Waals surface area contributed by atoms with E-state index in [0.29, 0.717) is 16.8 Å². The van der Waals surface area contributed by atoms with Crippen molar-refractivity contribution in [1.29, 1.82) is 0 Å². The van der Waals surface area contributed by atoms with E-state index in [0.717, 1.165) is 38.5 Å². The van der Waals surface area contributed by atoms with Crippen molar-refractivity contribution in [2.24, 2.45) is 0 Å².